The number of aliphatic hydroxyl groups is 1. The summed E-state index contributed by atoms with van der Waals surface area (Å²) in [6.07, 6.45) is 6.12. The zero-order chi connectivity index (χ0) is 12.1. The Morgan fingerprint density at radius 1 is 0.941 bits per heavy atom. The third-order valence-corrected chi connectivity index (χ3v) is 2.82. The topological polar surface area (TPSA) is 72.0 Å². The first-order valence-corrected chi connectivity index (χ1v) is 5.51. The van der Waals surface area contributed by atoms with Crippen molar-refractivity contribution < 1.29 is 5.11 Å². The lowest BCUT2D eigenvalue weighted by Crippen LogP contribution is -2.20. The van der Waals surface area contributed by atoms with Gasteiger partial charge in [-0.1, -0.05) is 0 Å². The van der Waals surface area contributed by atoms with Crippen molar-refractivity contribution in [2.24, 2.45) is 5.73 Å². The van der Waals surface area contributed by atoms with E-state index in [4.69, 9.17) is 5.73 Å². The van der Waals surface area contributed by atoms with Gasteiger partial charge in [0.05, 0.1) is 6.10 Å². The van der Waals surface area contributed by atoms with Crippen LogP contribution in [-0.4, -0.2) is 21.6 Å². The first kappa shape index (κ1) is 11.7. The van der Waals surface area contributed by atoms with Crippen LogP contribution in [0.4, 0.5) is 0 Å². The minimum atomic E-state index is -0.620. The number of nitrogens with zero attached hydrogens (tertiary/aromatic N) is 2. The molecule has 0 amide bonds. The molecule has 0 fully saturated rings. The number of aliphatic hydroxyl groups excluding tert-OH is 1. The Morgan fingerprint density at radius 2 is 1.41 bits per heavy atom. The lowest BCUT2D eigenvalue weighted by molar-refractivity contribution is 0.147. The third-order valence-electron chi connectivity index (χ3n) is 2.82. The molecule has 2 atom stereocenters. The summed E-state index contributed by atoms with van der Waals surface area (Å²) in [4.78, 5) is 7.90. The lowest BCUT2D eigenvalue weighted by Gasteiger charge is -2.21. The quantitative estimate of drug-likeness (QED) is 0.827. The Bertz CT molecular complexity index is 447. The maximum Gasteiger partial charge on any atom is 0.0871 e. The number of nitrogens with two attached hydrogens (primary N) is 1. The van der Waals surface area contributed by atoms with Gasteiger partial charge in [0.2, 0.25) is 0 Å². The van der Waals surface area contributed by atoms with Gasteiger partial charge in [0.15, 0.2) is 0 Å². The van der Waals surface area contributed by atoms with Crippen LogP contribution in [0.1, 0.15) is 23.1 Å². The molecular weight excluding hydrogens is 214 g/mol. The molecule has 0 aliphatic rings. The van der Waals surface area contributed by atoms with Gasteiger partial charge in [0.1, 0.15) is 0 Å². The number of hydrogen-bond acceptors (Lipinski definition) is 4. The Balaban J connectivity index is 2.25. The van der Waals surface area contributed by atoms with Crippen molar-refractivity contribution >= 4 is 0 Å². The van der Waals surface area contributed by atoms with E-state index in [1.807, 2.05) is 12.1 Å². The Labute approximate surface area is 100 Å². The molecule has 4 nitrogen and oxygen atoms in total. The van der Waals surface area contributed by atoms with Crippen LogP contribution in [0.25, 0.3) is 0 Å². The molecule has 2 heterocycles. The zero-order valence-corrected chi connectivity index (χ0v) is 9.40. The summed E-state index contributed by atoms with van der Waals surface area (Å²) in [5.41, 5.74) is 7.57. The van der Waals surface area contributed by atoms with E-state index in [-0.39, 0.29) is 5.92 Å². The minimum absolute atomic E-state index is 0.125. The maximum absolute atomic E-state index is 10.3. The highest BCUT2D eigenvalue weighted by Crippen LogP contribution is 2.29. The maximum atomic E-state index is 10.3. The summed E-state index contributed by atoms with van der Waals surface area (Å²) in [5.74, 6) is -0.125. The second-order valence-electron chi connectivity index (χ2n) is 3.85. The first-order chi connectivity index (χ1) is 8.33. The summed E-state index contributed by atoms with van der Waals surface area (Å²) in [6, 6.07) is 7.35. The molecule has 2 aromatic heterocycles. The van der Waals surface area contributed by atoms with Crippen molar-refractivity contribution in [3.63, 3.8) is 0 Å². The highest BCUT2D eigenvalue weighted by atomic mass is 16.3. The zero-order valence-electron chi connectivity index (χ0n) is 9.40. The van der Waals surface area contributed by atoms with Crippen LogP contribution in [-0.2, 0) is 0 Å². The molecule has 0 bridgehead atoms. The predicted molar refractivity (Wildman–Crippen MR) is 65.2 cm³/mol. The van der Waals surface area contributed by atoms with E-state index in [2.05, 4.69) is 9.97 Å². The van der Waals surface area contributed by atoms with Gasteiger partial charge >= 0.3 is 0 Å². The van der Waals surface area contributed by atoms with Crippen LogP contribution in [0.15, 0.2) is 49.1 Å². The molecular formula is C13H15N3O. The van der Waals surface area contributed by atoms with E-state index >= 15 is 0 Å². The van der Waals surface area contributed by atoms with Crippen molar-refractivity contribution in [1.82, 2.24) is 9.97 Å². The lowest BCUT2D eigenvalue weighted by atomic mass is 9.90. The predicted octanol–water partition coefficient (Wildman–Crippen LogP) is 1.25. The van der Waals surface area contributed by atoms with Gasteiger partial charge < -0.3 is 10.8 Å². The molecule has 0 aliphatic carbocycles. The van der Waals surface area contributed by atoms with Gasteiger partial charge in [0.25, 0.3) is 0 Å². The first-order valence-electron chi connectivity index (χ1n) is 5.51. The van der Waals surface area contributed by atoms with Crippen LogP contribution in [0.2, 0.25) is 0 Å². The van der Waals surface area contributed by atoms with Crippen LogP contribution in [0, 0.1) is 0 Å². The molecule has 0 spiro atoms. The molecule has 4 heteroatoms. The molecule has 0 saturated heterocycles. The second-order valence-corrected chi connectivity index (χ2v) is 3.85. The van der Waals surface area contributed by atoms with E-state index in [0.717, 1.165) is 11.1 Å². The summed E-state index contributed by atoms with van der Waals surface area (Å²) < 4.78 is 0. The third kappa shape index (κ3) is 2.67. The van der Waals surface area contributed by atoms with Crippen molar-refractivity contribution in [2.45, 2.75) is 12.0 Å². The van der Waals surface area contributed by atoms with Gasteiger partial charge in [-0.25, -0.2) is 0 Å². The molecule has 0 saturated carbocycles. The normalized spacial score (nSPS) is 14.2. The Kier molecular flexibility index (Phi) is 3.80. The molecule has 2 unspecified atom stereocenters. The average Bonchev–Trinajstić information content (AvgIpc) is 2.42. The summed E-state index contributed by atoms with van der Waals surface area (Å²) >= 11 is 0. The van der Waals surface area contributed by atoms with E-state index < -0.39 is 6.10 Å². The second kappa shape index (κ2) is 5.52. The SMILES string of the molecule is NCC(c1ccncc1)C(O)c1ccncc1. The van der Waals surface area contributed by atoms with E-state index in [9.17, 15) is 5.11 Å². The number of rotatable bonds is 4. The van der Waals surface area contributed by atoms with E-state index in [1.54, 1.807) is 36.9 Å². The van der Waals surface area contributed by atoms with Gasteiger partial charge in [-0.3, -0.25) is 9.97 Å². The van der Waals surface area contributed by atoms with Crippen LogP contribution >= 0.6 is 0 Å². The van der Waals surface area contributed by atoms with Crippen molar-refractivity contribution in [2.75, 3.05) is 6.54 Å². The Morgan fingerprint density at radius 3 is 1.88 bits per heavy atom. The fraction of sp³-hybridized carbons (Fsp3) is 0.231. The average molecular weight is 229 g/mol. The molecule has 88 valence electrons. The molecule has 3 N–H and O–H groups in total. The van der Waals surface area contributed by atoms with E-state index in [1.165, 1.54) is 0 Å². The van der Waals surface area contributed by atoms with Crippen LogP contribution in [0.3, 0.4) is 0 Å². The fourth-order valence-electron chi connectivity index (χ4n) is 1.85. The van der Waals surface area contributed by atoms with Crippen molar-refractivity contribution in [3.8, 4) is 0 Å². The number of hydrogen-bond donors (Lipinski definition) is 2. The minimum Gasteiger partial charge on any atom is -0.388 e. The van der Waals surface area contributed by atoms with Gasteiger partial charge in [-0.2, -0.15) is 0 Å². The van der Waals surface area contributed by atoms with Crippen molar-refractivity contribution in [1.29, 1.82) is 0 Å². The monoisotopic (exact) mass is 229 g/mol. The Hall–Kier alpha value is -1.78. The van der Waals surface area contributed by atoms with Gasteiger partial charge in [-0.05, 0) is 35.4 Å². The summed E-state index contributed by atoms with van der Waals surface area (Å²) in [6.45, 7) is 0.382. The van der Waals surface area contributed by atoms with Gasteiger partial charge in [0, 0.05) is 37.3 Å². The van der Waals surface area contributed by atoms with Gasteiger partial charge in [-0.15, -0.1) is 0 Å². The number of pyridine rings is 2. The van der Waals surface area contributed by atoms with Crippen LogP contribution in [0.5, 0.6) is 0 Å². The standard InChI is InChI=1S/C13H15N3O/c14-9-12(10-1-5-15-6-2-10)13(17)11-3-7-16-8-4-11/h1-8,12-13,17H,9,14H2. The molecule has 0 aromatic carbocycles. The fourth-order valence-corrected chi connectivity index (χ4v) is 1.85. The molecule has 2 rings (SSSR count). The molecule has 17 heavy (non-hydrogen) atoms. The smallest absolute Gasteiger partial charge is 0.0871 e. The largest absolute Gasteiger partial charge is 0.388 e. The molecule has 0 radical (unpaired) electrons. The summed E-state index contributed by atoms with van der Waals surface area (Å²) in [7, 11) is 0. The van der Waals surface area contributed by atoms with Crippen LogP contribution < -0.4 is 5.73 Å². The van der Waals surface area contributed by atoms with E-state index in [0.29, 0.717) is 6.54 Å². The highest BCUT2D eigenvalue weighted by Gasteiger charge is 2.21. The molecule has 2 aromatic rings. The molecule has 0 aliphatic heterocycles. The number of aromatic nitrogens is 2. The summed E-state index contributed by atoms with van der Waals surface area (Å²) in [5, 5.41) is 10.3. The van der Waals surface area contributed by atoms with Crippen molar-refractivity contribution in [3.05, 3.63) is 60.2 Å². The highest BCUT2D eigenvalue weighted by molar-refractivity contribution is 5.24.